The van der Waals surface area contributed by atoms with Crippen LogP contribution in [0.1, 0.15) is 26.2 Å². The second kappa shape index (κ2) is 5.67. The summed E-state index contributed by atoms with van der Waals surface area (Å²) in [6.45, 7) is 3.20. The molecule has 1 aromatic rings. The molecule has 2 N–H and O–H groups in total. The molecule has 1 aliphatic carbocycles. The van der Waals surface area contributed by atoms with Crippen molar-refractivity contribution in [1.29, 1.82) is 0 Å². The van der Waals surface area contributed by atoms with Crippen molar-refractivity contribution >= 4 is 15.8 Å². The van der Waals surface area contributed by atoms with Crippen LogP contribution in [-0.2, 0) is 10.0 Å². The summed E-state index contributed by atoms with van der Waals surface area (Å²) < 4.78 is 26.8. The number of sulfonamides is 1. The first-order valence-electron chi connectivity index (χ1n) is 6.31. The number of rotatable bonds is 6. The molecule has 0 radical (unpaired) electrons. The second-order valence-corrected chi connectivity index (χ2v) is 6.32. The molecule has 5 nitrogen and oxygen atoms in total. The quantitative estimate of drug-likeness (QED) is 0.822. The van der Waals surface area contributed by atoms with Gasteiger partial charge >= 0.3 is 0 Å². The maximum absolute atomic E-state index is 12.1. The molecule has 2 rings (SSSR count). The monoisotopic (exact) mass is 269 g/mol. The number of hydrogen-bond donors (Lipinski definition) is 2. The fourth-order valence-corrected chi connectivity index (χ4v) is 2.99. The Morgan fingerprint density at radius 2 is 2.22 bits per heavy atom. The first-order valence-corrected chi connectivity index (χ1v) is 7.79. The largest absolute Gasteiger partial charge is 0.370 e. The predicted molar refractivity (Wildman–Crippen MR) is 70.9 cm³/mol. The lowest BCUT2D eigenvalue weighted by molar-refractivity contribution is 0.316. The Hall–Kier alpha value is -1.14. The fourth-order valence-electron chi connectivity index (χ4n) is 1.86. The molecule has 6 heteroatoms. The molecule has 0 bridgehead atoms. The summed E-state index contributed by atoms with van der Waals surface area (Å²) in [5.74, 6) is 1.10. The van der Waals surface area contributed by atoms with Crippen LogP contribution in [0.5, 0.6) is 0 Å². The Labute approximate surface area is 108 Å². The zero-order chi connectivity index (χ0) is 13.0. The van der Waals surface area contributed by atoms with Crippen LogP contribution in [0.2, 0.25) is 0 Å². The molecule has 1 aliphatic rings. The summed E-state index contributed by atoms with van der Waals surface area (Å²) in [4.78, 5) is 4.33. The van der Waals surface area contributed by atoms with E-state index < -0.39 is 10.0 Å². The minimum atomic E-state index is -3.40. The van der Waals surface area contributed by atoms with E-state index in [4.69, 9.17) is 0 Å². The first kappa shape index (κ1) is 13.3. The molecule has 18 heavy (non-hydrogen) atoms. The van der Waals surface area contributed by atoms with Crippen molar-refractivity contribution < 1.29 is 8.42 Å². The van der Waals surface area contributed by atoms with Gasteiger partial charge in [0.2, 0.25) is 10.0 Å². The Morgan fingerprint density at radius 1 is 1.44 bits per heavy atom. The smallest absolute Gasteiger partial charge is 0.240 e. The van der Waals surface area contributed by atoms with E-state index in [9.17, 15) is 8.42 Å². The SMILES string of the molecule is CCNc1cc(S(=O)(=O)NCC2CCC2)ccn1. The highest BCUT2D eigenvalue weighted by Crippen LogP contribution is 2.25. The summed E-state index contributed by atoms with van der Waals surface area (Å²) in [6.07, 6.45) is 4.98. The number of aromatic nitrogens is 1. The molecule has 0 saturated heterocycles. The Kier molecular flexibility index (Phi) is 4.19. The molecule has 0 atom stereocenters. The van der Waals surface area contributed by atoms with Gasteiger partial charge in [0.25, 0.3) is 0 Å². The minimum absolute atomic E-state index is 0.271. The van der Waals surface area contributed by atoms with Gasteiger partial charge in [-0.15, -0.1) is 0 Å². The fraction of sp³-hybridized carbons (Fsp3) is 0.583. The molecular weight excluding hydrogens is 250 g/mol. The lowest BCUT2D eigenvalue weighted by Crippen LogP contribution is -2.32. The number of hydrogen-bond acceptors (Lipinski definition) is 4. The van der Waals surface area contributed by atoms with Gasteiger partial charge in [0.1, 0.15) is 5.82 Å². The molecule has 100 valence electrons. The van der Waals surface area contributed by atoms with E-state index in [0.29, 0.717) is 24.8 Å². The van der Waals surface area contributed by atoms with Crippen LogP contribution in [0.3, 0.4) is 0 Å². The third-order valence-electron chi connectivity index (χ3n) is 3.19. The number of nitrogens with one attached hydrogen (secondary N) is 2. The first-order chi connectivity index (χ1) is 8.62. The lowest BCUT2D eigenvalue weighted by Gasteiger charge is -2.25. The van der Waals surface area contributed by atoms with Crippen molar-refractivity contribution in [2.24, 2.45) is 5.92 Å². The topological polar surface area (TPSA) is 71.1 Å². The number of anilines is 1. The third-order valence-corrected chi connectivity index (χ3v) is 4.61. The van der Waals surface area contributed by atoms with Gasteiger partial charge in [-0.05, 0) is 31.7 Å². The van der Waals surface area contributed by atoms with Gasteiger partial charge in [-0.3, -0.25) is 0 Å². The Morgan fingerprint density at radius 3 is 2.83 bits per heavy atom. The molecule has 1 heterocycles. The van der Waals surface area contributed by atoms with Crippen LogP contribution in [0.25, 0.3) is 0 Å². The van der Waals surface area contributed by atoms with Crippen molar-refractivity contribution in [3.8, 4) is 0 Å². The van der Waals surface area contributed by atoms with Crippen LogP contribution >= 0.6 is 0 Å². The normalized spacial score (nSPS) is 16.3. The van der Waals surface area contributed by atoms with E-state index in [-0.39, 0.29) is 4.90 Å². The van der Waals surface area contributed by atoms with E-state index in [1.54, 1.807) is 6.07 Å². The van der Waals surface area contributed by atoms with Crippen molar-refractivity contribution in [1.82, 2.24) is 9.71 Å². The van der Waals surface area contributed by atoms with Crippen molar-refractivity contribution in [3.63, 3.8) is 0 Å². The van der Waals surface area contributed by atoms with E-state index in [1.807, 2.05) is 6.92 Å². The van der Waals surface area contributed by atoms with Crippen LogP contribution in [-0.4, -0.2) is 26.5 Å². The number of pyridine rings is 1. The van der Waals surface area contributed by atoms with Gasteiger partial charge in [0, 0.05) is 25.4 Å². The zero-order valence-electron chi connectivity index (χ0n) is 10.5. The molecule has 1 fully saturated rings. The minimum Gasteiger partial charge on any atom is -0.370 e. The van der Waals surface area contributed by atoms with Gasteiger partial charge in [-0.2, -0.15) is 0 Å². The summed E-state index contributed by atoms with van der Waals surface area (Å²) in [7, 11) is -3.40. The predicted octanol–water partition coefficient (Wildman–Crippen LogP) is 1.59. The molecule has 0 unspecified atom stereocenters. The lowest BCUT2D eigenvalue weighted by atomic mass is 9.86. The molecular formula is C12H19N3O2S. The van der Waals surface area contributed by atoms with E-state index >= 15 is 0 Å². The van der Waals surface area contributed by atoms with Crippen LogP contribution in [0, 0.1) is 5.92 Å². The van der Waals surface area contributed by atoms with Gasteiger partial charge in [-0.1, -0.05) is 6.42 Å². The molecule has 0 aromatic carbocycles. The van der Waals surface area contributed by atoms with E-state index in [1.165, 1.54) is 18.7 Å². The van der Waals surface area contributed by atoms with E-state index in [2.05, 4.69) is 15.0 Å². The zero-order valence-corrected chi connectivity index (χ0v) is 11.3. The van der Waals surface area contributed by atoms with Gasteiger partial charge in [-0.25, -0.2) is 18.1 Å². The highest BCUT2D eigenvalue weighted by Gasteiger charge is 2.21. The second-order valence-electron chi connectivity index (χ2n) is 4.56. The standard InChI is InChI=1S/C12H19N3O2S/c1-2-13-12-8-11(6-7-14-12)18(16,17)15-9-10-4-3-5-10/h6-8,10,15H,2-5,9H2,1H3,(H,13,14). The maximum Gasteiger partial charge on any atom is 0.240 e. The summed E-state index contributed by atoms with van der Waals surface area (Å²) in [5, 5.41) is 3.00. The van der Waals surface area contributed by atoms with Crippen molar-refractivity contribution in [3.05, 3.63) is 18.3 Å². The summed E-state index contributed by atoms with van der Waals surface area (Å²) in [6, 6.07) is 3.08. The molecule has 0 spiro atoms. The van der Waals surface area contributed by atoms with Gasteiger partial charge in [0.05, 0.1) is 4.90 Å². The molecule has 0 aliphatic heterocycles. The van der Waals surface area contributed by atoms with Crippen molar-refractivity contribution in [2.75, 3.05) is 18.4 Å². The highest BCUT2D eigenvalue weighted by molar-refractivity contribution is 7.89. The third kappa shape index (κ3) is 3.20. The average molecular weight is 269 g/mol. The summed E-state index contributed by atoms with van der Waals surface area (Å²) >= 11 is 0. The van der Waals surface area contributed by atoms with Crippen molar-refractivity contribution in [2.45, 2.75) is 31.1 Å². The van der Waals surface area contributed by atoms with Crippen LogP contribution < -0.4 is 10.0 Å². The molecule has 0 amide bonds. The molecule has 1 saturated carbocycles. The van der Waals surface area contributed by atoms with Gasteiger partial charge in [0.15, 0.2) is 0 Å². The van der Waals surface area contributed by atoms with Crippen LogP contribution in [0.15, 0.2) is 23.2 Å². The highest BCUT2D eigenvalue weighted by atomic mass is 32.2. The Balaban J connectivity index is 2.05. The average Bonchev–Trinajstić information content (AvgIpc) is 2.27. The van der Waals surface area contributed by atoms with Crippen LogP contribution in [0.4, 0.5) is 5.82 Å². The van der Waals surface area contributed by atoms with Gasteiger partial charge < -0.3 is 5.32 Å². The Bertz CT molecular complexity index is 498. The summed E-state index contributed by atoms with van der Waals surface area (Å²) in [5.41, 5.74) is 0. The van der Waals surface area contributed by atoms with E-state index in [0.717, 1.165) is 12.8 Å². The number of nitrogens with zero attached hydrogens (tertiary/aromatic N) is 1. The molecule has 1 aromatic heterocycles. The maximum atomic E-state index is 12.1.